The largest absolute Gasteiger partial charge is 0.493 e. The van der Waals surface area contributed by atoms with Gasteiger partial charge in [-0.15, -0.1) is 11.3 Å². The summed E-state index contributed by atoms with van der Waals surface area (Å²) in [5.74, 6) is -0.338. The molecule has 26 heavy (non-hydrogen) atoms. The second-order valence-electron chi connectivity index (χ2n) is 6.11. The number of carbonyl (C=O) groups excluding carboxylic acids is 2. The summed E-state index contributed by atoms with van der Waals surface area (Å²) >= 11 is 1.29. The summed E-state index contributed by atoms with van der Waals surface area (Å²) in [5.41, 5.74) is 4.30. The van der Waals surface area contributed by atoms with E-state index < -0.39 is 11.7 Å². The Morgan fingerprint density at radius 1 is 1.15 bits per heavy atom. The van der Waals surface area contributed by atoms with Crippen molar-refractivity contribution in [3.63, 3.8) is 0 Å². The average molecular weight is 364 g/mol. The number of Topliss-reactive ketones (excluding diaryl/α,β-unsaturated/α-hetero) is 1. The highest BCUT2D eigenvalue weighted by Crippen LogP contribution is 2.31. The fourth-order valence-corrected chi connectivity index (χ4v) is 3.51. The van der Waals surface area contributed by atoms with Gasteiger partial charge < -0.3 is 4.74 Å². The lowest BCUT2D eigenvalue weighted by molar-refractivity contribution is -0.112. The van der Waals surface area contributed by atoms with Crippen molar-refractivity contribution in [2.24, 2.45) is 0 Å². The van der Waals surface area contributed by atoms with E-state index in [4.69, 9.17) is 4.74 Å². The second kappa shape index (κ2) is 6.72. The molecule has 1 aliphatic rings. The summed E-state index contributed by atoms with van der Waals surface area (Å²) < 4.78 is 5.51. The first kappa shape index (κ1) is 16.5. The third-order valence-electron chi connectivity index (χ3n) is 4.23. The first-order valence-corrected chi connectivity index (χ1v) is 9.12. The molecule has 2 heterocycles. The van der Waals surface area contributed by atoms with Crippen LogP contribution >= 0.6 is 11.3 Å². The molecule has 0 fully saturated rings. The predicted octanol–water partition coefficient (Wildman–Crippen LogP) is 3.87. The van der Waals surface area contributed by atoms with Crippen molar-refractivity contribution in [3.8, 4) is 17.0 Å². The van der Waals surface area contributed by atoms with Crippen LogP contribution < -0.4 is 10.1 Å². The Labute approximate surface area is 154 Å². The number of aromatic nitrogens is 1. The van der Waals surface area contributed by atoms with Gasteiger partial charge >= 0.3 is 0 Å². The number of aryl methyl sites for hydroxylation is 1. The molecule has 2 aromatic carbocycles. The van der Waals surface area contributed by atoms with E-state index in [0.29, 0.717) is 17.3 Å². The molecule has 0 saturated heterocycles. The molecule has 3 aromatic rings. The zero-order chi connectivity index (χ0) is 18.1. The van der Waals surface area contributed by atoms with E-state index in [0.717, 1.165) is 34.6 Å². The van der Waals surface area contributed by atoms with Crippen LogP contribution in [0.1, 0.15) is 21.5 Å². The number of amides is 1. The zero-order valence-corrected chi connectivity index (χ0v) is 14.9. The fourth-order valence-electron chi connectivity index (χ4n) is 2.80. The molecule has 6 heteroatoms. The van der Waals surface area contributed by atoms with Crippen LogP contribution in [0.15, 0.2) is 47.8 Å². The lowest BCUT2D eigenvalue weighted by Gasteiger charge is -2.02. The number of rotatable bonds is 4. The van der Waals surface area contributed by atoms with Crippen molar-refractivity contribution in [3.05, 3.63) is 64.5 Å². The van der Waals surface area contributed by atoms with Gasteiger partial charge in [0, 0.05) is 22.9 Å². The number of fused-ring (bicyclic) bond motifs is 1. The molecule has 0 radical (unpaired) electrons. The molecule has 1 N–H and O–H groups in total. The first-order valence-electron chi connectivity index (χ1n) is 8.24. The van der Waals surface area contributed by atoms with Gasteiger partial charge in [0.05, 0.1) is 12.3 Å². The maximum absolute atomic E-state index is 12.2. The monoisotopic (exact) mass is 364 g/mol. The van der Waals surface area contributed by atoms with E-state index in [1.807, 2.05) is 24.4 Å². The average Bonchev–Trinajstić information content (AvgIpc) is 3.30. The second-order valence-corrected chi connectivity index (χ2v) is 6.97. The van der Waals surface area contributed by atoms with Gasteiger partial charge in [0.2, 0.25) is 0 Å². The number of nitrogens with one attached hydrogen (secondary N) is 1. The lowest BCUT2D eigenvalue weighted by Crippen LogP contribution is -2.22. The number of hydrogen-bond acceptors (Lipinski definition) is 5. The van der Waals surface area contributed by atoms with Crippen LogP contribution in [0.2, 0.25) is 0 Å². The summed E-state index contributed by atoms with van der Waals surface area (Å²) in [6.45, 7) is 2.63. The summed E-state index contributed by atoms with van der Waals surface area (Å²) in [4.78, 5) is 28.8. The zero-order valence-electron chi connectivity index (χ0n) is 14.1. The van der Waals surface area contributed by atoms with Crippen molar-refractivity contribution >= 4 is 28.2 Å². The molecular formula is C20H16N2O3S. The molecule has 130 valence electrons. The van der Waals surface area contributed by atoms with E-state index >= 15 is 0 Å². The van der Waals surface area contributed by atoms with Crippen LogP contribution in [0.5, 0.6) is 5.75 Å². The summed E-state index contributed by atoms with van der Waals surface area (Å²) in [5, 5.41) is 4.86. The molecule has 0 aliphatic carbocycles. The van der Waals surface area contributed by atoms with Gasteiger partial charge in [-0.2, -0.15) is 0 Å². The van der Waals surface area contributed by atoms with E-state index in [1.54, 1.807) is 24.3 Å². The van der Waals surface area contributed by atoms with Gasteiger partial charge in [0.25, 0.3) is 11.7 Å². The maximum Gasteiger partial charge on any atom is 0.298 e. The minimum atomic E-state index is -0.683. The van der Waals surface area contributed by atoms with Crippen LogP contribution in [0.3, 0.4) is 0 Å². The van der Waals surface area contributed by atoms with E-state index in [1.165, 1.54) is 11.3 Å². The van der Waals surface area contributed by atoms with Gasteiger partial charge in [-0.3, -0.25) is 14.9 Å². The van der Waals surface area contributed by atoms with Gasteiger partial charge in [-0.25, -0.2) is 4.98 Å². The predicted molar refractivity (Wildman–Crippen MR) is 101 cm³/mol. The molecule has 0 bridgehead atoms. The Bertz CT molecular complexity index is 993. The van der Waals surface area contributed by atoms with Crippen LogP contribution in [0.4, 0.5) is 5.13 Å². The fraction of sp³-hybridized carbons (Fsp3) is 0.150. The molecule has 5 nitrogen and oxygen atoms in total. The van der Waals surface area contributed by atoms with Gasteiger partial charge in [0.15, 0.2) is 5.13 Å². The van der Waals surface area contributed by atoms with Crippen LogP contribution in [-0.2, 0) is 11.2 Å². The number of carbonyl (C=O) groups is 2. The standard InChI is InChI=1S/C20H16N2O3S/c1-12-2-4-13(5-3-12)18(23)19(24)22-20-21-16(11-26-20)14-6-7-17-15(10-14)8-9-25-17/h2-7,10-11H,8-9H2,1H3,(H,21,22,24). The Morgan fingerprint density at radius 3 is 2.77 bits per heavy atom. The van der Waals surface area contributed by atoms with E-state index in [-0.39, 0.29) is 0 Å². The SMILES string of the molecule is Cc1ccc(C(=O)C(=O)Nc2nc(-c3ccc4c(c3)CCO4)cs2)cc1. The normalized spacial score (nSPS) is 12.3. The number of ether oxygens (including phenoxy) is 1. The Kier molecular flexibility index (Phi) is 4.26. The molecule has 0 saturated carbocycles. The minimum absolute atomic E-state index is 0.364. The Balaban J connectivity index is 1.49. The summed E-state index contributed by atoms with van der Waals surface area (Å²) in [6.07, 6.45) is 0.891. The Morgan fingerprint density at radius 2 is 1.96 bits per heavy atom. The highest BCUT2D eigenvalue weighted by atomic mass is 32.1. The smallest absolute Gasteiger partial charge is 0.298 e. The van der Waals surface area contributed by atoms with Crippen molar-refractivity contribution in [2.75, 3.05) is 11.9 Å². The topological polar surface area (TPSA) is 68.3 Å². The molecule has 4 rings (SSSR count). The third-order valence-corrected chi connectivity index (χ3v) is 4.99. The number of ketones is 1. The van der Waals surface area contributed by atoms with Gasteiger partial charge in [-0.05, 0) is 30.7 Å². The molecule has 1 amide bonds. The van der Waals surface area contributed by atoms with Gasteiger partial charge in [0.1, 0.15) is 5.75 Å². The van der Waals surface area contributed by atoms with Crippen molar-refractivity contribution in [1.29, 1.82) is 0 Å². The van der Waals surface area contributed by atoms with Crippen LogP contribution in [-0.4, -0.2) is 23.3 Å². The number of benzene rings is 2. The molecule has 1 aliphatic heterocycles. The lowest BCUT2D eigenvalue weighted by atomic mass is 10.1. The van der Waals surface area contributed by atoms with Crippen molar-refractivity contribution in [2.45, 2.75) is 13.3 Å². The van der Waals surface area contributed by atoms with Gasteiger partial charge in [-0.1, -0.05) is 29.8 Å². The number of thiazole rings is 1. The number of anilines is 1. The number of hydrogen-bond donors (Lipinski definition) is 1. The molecular weight excluding hydrogens is 348 g/mol. The molecule has 1 aromatic heterocycles. The quantitative estimate of drug-likeness (QED) is 0.564. The third kappa shape index (κ3) is 3.23. The summed E-state index contributed by atoms with van der Waals surface area (Å²) in [6, 6.07) is 12.9. The molecule has 0 spiro atoms. The molecule has 0 unspecified atom stereocenters. The summed E-state index contributed by atoms with van der Waals surface area (Å²) in [7, 11) is 0. The van der Waals surface area contributed by atoms with Crippen molar-refractivity contribution in [1.82, 2.24) is 4.98 Å². The molecule has 0 atom stereocenters. The van der Waals surface area contributed by atoms with E-state index in [2.05, 4.69) is 16.4 Å². The van der Waals surface area contributed by atoms with Crippen molar-refractivity contribution < 1.29 is 14.3 Å². The minimum Gasteiger partial charge on any atom is -0.493 e. The first-order chi connectivity index (χ1) is 12.6. The van der Waals surface area contributed by atoms with E-state index in [9.17, 15) is 9.59 Å². The highest BCUT2D eigenvalue weighted by molar-refractivity contribution is 7.14. The highest BCUT2D eigenvalue weighted by Gasteiger charge is 2.18. The number of nitrogens with zero attached hydrogens (tertiary/aromatic N) is 1. The van der Waals surface area contributed by atoms with Crippen LogP contribution in [0.25, 0.3) is 11.3 Å². The maximum atomic E-state index is 12.2. The van der Waals surface area contributed by atoms with Crippen LogP contribution in [0, 0.1) is 6.92 Å². The Hall–Kier alpha value is -2.99.